The van der Waals surface area contributed by atoms with Gasteiger partial charge in [-0.1, -0.05) is 0 Å². The summed E-state index contributed by atoms with van der Waals surface area (Å²) in [5.74, 6) is 0.587. The fraction of sp³-hybridized carbons (Fsp3) is 0.417. The molecule has 172 valence electrons. The second-order valence-electron chi connectivity index (χ2n) is 8.74. The van der Waals surface area contributed by atoms with Gasteiger partial charge >= 0.3 is 0 Å². The fourth-order valence-electron chi connectivity index (χ4n) is 4.92. The lowest BCUT2D eigenvalue weighted by Crippen LogP contribution is -2.48. The topological polar surface area (TPSA) is 106 Å². The molecule has 0 radical (unpaired) electrons. The van der Waals surface area contributed by atoms with E-state index in [4.69, 9.17) is 4.42 Å². The summed E-state index contributed by atoms with van der Waals surface area (Å²) in [6.45, 7) is 6.93. The van der Waals surface area contributed by atoms with Gasteiger partial charge in [0.05, 0.1) is 22.7 Å². The number of likely N-dealkylation sites (tertiary alicyclic amines) is 1. The van der Waals surface area contributed by atoms with Crippen LogP contribution in [0, 0.1) is 6.92 Å². The molecule has 0 bridgehead atoms. The molecule has 4 aromatic rings. The fourth-order valence-corrected chi connectivity index (χ4v) is 4.92. The van der Waals surface area contributed by atoms with Crippen LogP contribution in [0.4, 0.5) is 0 Å². The van der Waals surface area contributed by atoms with E-state index in [9.17, 15) is 14.7 Å². The van der Waals surface area contributed by atoms with Gasteiger partial charge in [0, 0.05) is 38.1 Å². The minimum atomic E-state index is -0.981. The summed E-state index contributed by atoms with van der Waals surface area (Å²) < 4.78 is 8.97. The third-order valence-corrected chi connectivity index (χ3v) is 6.78. The number of furan rings is 1. The van der Waals surface area contributed by atoms with Gasteiger partial charge < -0.3 is 19.0 Å². The van der Waals surface area contributed by atoms with Crippen molar-refractivity contribution < 1.29 is 14.3 Å². The Morgan fingerprint density at radius 2 is 1.97 bits per heavy atom. The molecular formula is C24H27N5O4. The minimum Gasteiger partial charge on any atom is -0.459 e. The number of carbonyl (C=O) groups is 1. The van der Waals surface area contributed by atoms with E-state index in [-0.39, 0.29) is 11.5 Å². The van der Waals surface area contributed by atoms with Gasteiger partial charge in [0.15, 0.2) is 5.58 Å². The molecular weight excluding hydrogens is 422 g/mol. The second-order valence-corrected chi connectivity index (χ2v) is 8.74. The molecule has 1 N–H and O–H groups in total. The molecule has 1 aliphatic heterocycles. The molecule has 33 heavy (non-hydrogen) atoms. The lowest BCUT2D eigenvalue weighted by atomic mass is 9.85. The van der Waals surface area contributed by atoms with Crippen LogP contribution in [-0.4, -0.2) is 48.3 Å². The molecule has 1 fully saturated rings. The quantitative estimate of drug-likeness (QED) is 0.514. The van der Waals surface area contributed by atoms with Gasteiger partial charge in [-0.25, -0.2) is 4.68 Å². The van der Waals surface area contributed by atoms with Crippen molar-refractivity contribution in [3.63, 3.8) is 0 Å². The normalized spacial score (nSPS) is 17.0. The summed E-state index contributed by atoms with van der Waals surface area (Å²) in [5, 5.41) is 16.0. The van der Waals surface area contributed by atoms with Crippen LogP contribution in [-0.2, 0) is 16.9 Å². The predicted molar refractivity (Wildman–Crippen MR) is 123 cm³/mol. The number of piperidine rings is 1. The highest BCUT2D eigenvalue weighted by molar-refractivity contribution is 6.04. The maximum absolute atomic E-state index is 13.4. The van der Waals surface area contributed by atoms with Gasteiger partial charge in [-0.15, -0.1) is 0 Å². The molecule has 9 nitrogen and oxygen atoms in total. The van der Waals surface area contributed by atoms with Gasteiger partial charge in [-0.3, -0.25) is 14.6 Å². The first-order chi connectivity index (χ1) is 15.8. The van der Waals surface area contributed by atoms with E-state index < -0.39 is 11.6 Å². The van der Waals surface area contributed by atoms with Crippen molar-refractivity contribution in [2.75, 3.05) is 13.1 Å². The number of nitrogens with zero attached hydrogens (tertiary/aromatic N) is 5. The number of hydrogen-bond acceptors (Lipinski definition) is 6. The van der Waals surface area contributed by atoms with E-state index in [0.717, 1.165) is 16.8 Å². The molecule has 1 aliphatic rings. The third-order valence-electron chi connectivity index (χ3n) is 6.78. The first kappa shape index (κ1) is 21.4. The SMILES string of the molecule is CCn1c2cc(C)oc2c2cnn([C@H](C)C(=O)N3CCC(O)(c4ccncc4)CC3)c(=O)c21. The standard InChI is InChI=1S/C24H27N5O4/c1-4-28-19-13-15(2)33-21(19)18-14-26-29(23(31)20(18)28)16(3)22(30)27-11-7-24(32,8-12-27)17-5-9-25-10-6-17/h5-6,9-10,13-14,16,32H,4,7-8,11-12H2,1-3H3/t16-/m1/s1. The van der Waals surface area contributed by atoms with E-state index in [0.29, 0.717) is 49.0 Å². The highest BCUT2D eigenvalue weighted by atomic mass is 16.3. The monoisotopic (exact) mass is 449 g/mol. The molecule has 0 aliphatic carbocycles. The van der Waals surface area contributed by atoms with Gasteiger partial charge in [-0.05, 0) is 51.3 Å². The molecule has 0 spiro atoms. The largest absolute Gasteiger partial charge is 0.459 e. The maximum Gasteiger partial charge on any atom is 0.292 e. The van der Waals surface area contributed by atoms with Crippen LogP contribution in [0.15, 0.2) is 46.0 Å². The summed E-state index contributed by atoms with van der Waals surface area (Å²) in [6.07, 6.45) is 5.77. The van der Waals surface area contributed by atoms with E-state index in [1.165, 1.54) is 4.68 Å². The Balaban J connectivity index is 1.42. The lowest BCUT2D eigenvalue weighted by molar-refractivity contribution is -0.139. The molecule has 1 atom stereocenters. The van der Waals surface area contributed by atoms with Crippen LogP contribution in [0.1, 0.15) is 44.1 Å². The first-order valence-corrected chi connectivity index (χ1v) is 11.3. The Bertz CT molecular complexity index is 1390. The van der Waals surface area contributed by atoms with Crippen molar-refractivity contribution in [2.45, 2.75) is 51.8 Å². The summed E-state index contributed by atoms with van der Waals surface area (Å²) in [4.78, 5) is 32.4. The third kappa shape index (κ3) is 3.34. The van der Waals surface area contributed by atoms with E-state index in [2.05, 4.69) is 10.1 Å². The van der Waals surface area contributed by atoms with Crippen LogP contribution < -0.4 is 5.56 Å². The molecule has 0 unspecified atom stereocenters. The van der Waals surface area contributed by atoms with E-state index >= 15 is 0 Å². The lowest BCUT2D eigenvalue weighted by Gasteiger charge is -2.39. The molecule has 4 aromatic heterocycles. The Hall–Kier alpha value is -3.46. The van der Waals surface area contributed by atoms with Crippen molar-refractivity contribution in [3.8, 4) is 0 Å². The van der Waals surface area contributed by atoms with Crippen LogP contribution in [0.2, 0.25) is 0 Å². The Morgan fingerprint density at radius 3 is 2.64 bits per heavy atom. The van der Waals surface area contributed by atoms with E-state index in [1.54, 1.807) is 42.5 Å². The van der Waals surface area contributed by atoms with Crippen LogP contribution in [0.5, 0.6) is 0 Å². The predicted octanol–water partition coefficient (Wildman–Crippen LogP) is 2.74. The summed E-state index contributed by atoms with van der Waals surface area (Å²) >= 11 is 0. The number of hydrogen-bond donors (Lipinski definition) is 1. The molecule has 1 amide bonds. The number of aromatic nitrogens is 4. The van der Waals surface area contributed by atoms with Gasteiger partial charge in [0.25, 0.3) is 5.56 Å². The molecule has 5 heterocycles. The van der Waals surface area contributed by atoms with Crippen molar-refractivity contribution in [3.05, 3.63) is 58.5 Å². The second kappa shape index (κ2) is 7.84. The van der Waals surface area contributed by atoms with E-state index in [1.807, 2.05) is 24.5 Å². The average molecular weight is 450 g/mol. The number of pyridine rings is 1. The molecule has 9 heteroatoms. The summed E-state index contributed by atoms with van der Waals surface area (Å²) in [7, 11) is 0. The van der Waals surface area contributed by atoms with Crippen LogP contribution in [0.3, 0.4) is 0 Å². The Morgan fingerprint density at radius 1 is 1.27 bits per heavy atom. The van der Waals surface area contributed by atoms with Crippen LogP contribution in [0.25, 0.3) is 22.0 Å². The zero-order valence-electron chi connectivity index (χ0n) is 19.0. The highest BCUT2D eigenvalue weighted by Crippen LogP contribution is 2.33. The molecule has 0 aromatic carbocycles. The number of carbonyl (C=O) groups excluding carboxylic acids is 1. The Kier molecular flexibility index (Phi) is 5.08. The van der Waals surface area contributed by atoms with Gasteiger partial charge in [0.2, 0.25) is 5.91 Å². The van der Waals surface area contributed by atoms with Crippen molar-refractivity contribution >= 4 is 27.9 Å². The number of aliphatic hydroxyl groups is 1. The smallest absolute Gasteiger partial charge is 0.292 e. The summed E-state index contributed by atoms with van der Waals surface area (Å²) in [5.41, 5.74) is 1.50. The molecule has 0 saturated carbocycles. The minimum absolute atomic E-state index is 0.185. The molecule has 1 saturated heterocycles. The zero-order valence-corrected chi connectivity index (χ0v) is 19.0. The summed E-state index contributed by atoms with van der Waals surface area (Å²) in [6, 6.07) is 4.76. The zero-order chi connectivity index (χ0) is 23.3. The first-order valence-electron chi connectivity index (χ1n) is 11.3. The number of amides is 1. The Labute approximate surface area is 190 Å². The maximum atomic E-state index is 13.4. The van der Waals surface area contributed by atoms with Crippen molar-refractivity contribution in [1.82, 2.24) is 24.2 Å². The average Bonchev–Trinajstić information content (AvgIpc) is 3.34. The number of rotatable bonds is 4. The number of aryl methyl sites for hydroxylation is 2. The number of fused-ring (bicyclic) bond motifs is 3. The highest BCUT2D eigenvalue weighted by Gasteiger charge is 2.37. The van der Waals surface area contributed by atoms with Crippen molar-refractivity contribution in [1.29, 1.82) is 0 Å². The van der Waals surface area contributed by atoms with Gasteiger partial charge in [-0.2, -0.15) is 5.10 Å². The molecule has 5 rings (SSSR count). The van der Waals surface area contributed by atoms with Crippen molar-refractivity contribution in [2.24, 2.45) is 0 Å². The van der Waals surface area contributed by atoms with Gasteiger partial charge in [0.1, 0.15) is 17.3 Å². The van der Waals surface area contributed by atoms with Crippen LogP contribution >= 0.6 is 0 Å².